The summed E-state index contributed by atoms with van der Waals surface area (Å²) >= 11 is 13.2. The van der Waals surface area contributed by atoms with Gasteiger partial charge in [0.25, 0.3) is 11.8 Å². The lowest BCUT2D eigenvalue weighted by Crippen LogP contribution is -2.29. The van der Waals surface area contributed by atoms with Gasteiger partial charge in [-0.2, -0.15) is 0 Å². The zero-order valence-corrected chi connectivity index (χ0v) is 13.9. The molecule has 1 aromatic heterocycles. The van der Waals surface area contributed by atoms with Crippen molar-refractivity contribution >= 4 is 46.4 Å². The van der Waals surface area contributed by atoms with E-state index in [1.165, 1.54) is 17.4 Å². The van der Waals surface area contributed by atoms with Gasteiger partial charge in [0, 0.05) is 18.1 Å². The number of hydrogen-bond donors (Lipinski definition) is 2. The van der Waals surface area contributed by atoms with E-state index in [0.29, 0.717) is 40.0 Å². The summed E-state index contributed by atoms with van der Waals surface area (Å²) < 4.78 is 0. The number of benzene rings is 1. The fourth-order valence-electron chi connectivity index (χ4n) is 1.75. The Morgan fingerprint density at radius 1 is 1.05 bits per heavy atom. The predicted molar refractivity (Wildman–Crippen MR) is 90.1 cm³/mol. The largest absolute Gasteiger partial charge is 0.352 e. The molecule has 2 amide bonds. The van der Waals surface area contributed by atoms with Crippen molar-refractivity contribution < 1.29 is 9.59 Å². The average Bonchev–Trinajstić information content (AvgIpc) is 3.03. The molecule has 0 bridgehead atoms. The van der Waals surface area contributed by atoms with Crippen molar-refractivity contribution in [2.75, 3.05) is 13.1 Å². The van der Waals surface area contributed by atoms with Gasteiger partial charge in [-0.25, -0.2) is 0 Å². The van der Waals surface area contributed by atoms with Crippen molar-refractivity contribution in [3.8, 4) is 0 Å². The zero-order valence-electron chi connectivity index (χ0n) is 11.6. The van der Waals surface area contributed by atoms with Gasteiger partial charge in [0.05, 0.1) is 15.5 Å². The Balaban J connectivity index is 1.71. The van der Waals surface area contributed by atoms with Crippen LogP contribution >= 0.6 is 34.5 Å². The predicted octanol–water partition coefficient (Wildman–Crippen LogP) is 3.60. The number of thiophene rings is 1. The van der Waals surface area contributed by atoms with E-state index in [1.54, 1.807) is 18.2 Å². The maximum atomic E-state index is 12.0. The van der Waals surface area contributed by atoms with E-state index in [9.17, 15) is 9.59 Å². The molecule has 0 unspecified atom stereocenters. The molecule has 0 saturated heterocycles. The van der Waals surface area contributed by atoms with Crippen LogP contribution in [0.3, 0.4) is 0 Å². The normalized spacial score (nSPS) is 10.3. The second-order valence-electron chi connectivity index (χ2n) is 4.47. The third-order valence-electron chi connectivity index (χ3n) is 2.84. The molecule has 2 rings (SSSR count). The third kappa shape index (κ3) is 4.73. The molecular formula is C15H14Cl2N2O2S. The highest BCUT2D eigenvalue weighted by Gasteiger charge is 2.10. The van der Waals surface area contributed by atoms with Crippen LogP contribution in [-0.2, 0) is 0 Å². The fourth-order valence-corrected chi connectivity index (χ4v) is 2.77. The van der Waals surface area contributed by atoms with E-state index < -0.39 is 0 Å². The van der Waals surface area contributed by atoms with E-state index in [-0.39, 0.29) is 11.8 Å². The molecule has 4 nitrogen and oxygen atoms in total. The first-order valence-electron chi connectivity index (χ1n) is 6.63. The molecule has 22 heavy (non-hydrogen) atoms. The summed E-state index contributed by atoms with van der Waals surface area (Å²) in [5, 5.41) is 8.20. The van der Waals surface area contributed by atoms with E-state index >= 15 is 0 Å². The first kappa shape index (κ1) is 16.8. The van der Waals surface area contributed by atoms with Crippen LogP contribution in [0.2, 0.25) is 10.0 Å². The van der Waals surface area contributed by atoms with Crippen LogP contribution in [0, 0.1) is 0 Å². The van der Waals surface area contributed by atoms with Gasteiger partial charge in [-0.05, 0) is 36.1 Å². The van der Waals surface area contributed by atoms with Crippen LogP contribution < -0.4 is 10.6 Å². The Bertz CT molecular complexity index is 660. The number of nitrogens with one attached hydrogen (secondary N) is 2. The van der Waals surface area contributed by atoms with Crippen molar-refractivity contribution in [2.24, 2.45) is 0 Å². The van der Waals surface area contributed by atoms with Crippen molar-refractivity contribution in [2.45, 2.75) is 6.42 Å². The first-order valence-corrected chi connectivity index (χ1v) is 8.26. The summed E-state index contributed by atoms with van der Waals surface area (Å²) in [6, 6.07) is 8.33. The van der Waals surface area contributed by atoms with Gasteiger partial charge < -0.3 is 10.6 Å². The summed E-state index contributed by atoms with van der Waals surface area (Å²) in [5.74, 6) is -0.378. The molecule has 0 atom stereocenters. The molecule has 2 N–H and O–H groups in total. The van der Waals surface area contributed by atoms with E-state index in [1.807, 2.05) is 11.4 Å². The molecule has 1 heterocycles. The lowest BCUT2D eigenvalue weighted by Gasteiger charge is -2.08. The van der Waals surface area contributed by atoms with Crippen LogP contribution in [0.4, 0.5) is 0 Å². The quantitative estimate of drug-likeness (QED) is 0.776. The van der Waals surface area contributed by atoms with Gasteiger partial charge in [-0.3, -0.25) is 9.59 Å². The standard InChI is InChI=1S/C15H14Cl2N2O2S/c16-10-4-5-12(17)11(9-10)14(20)18-6-2-7-19-15(21)13-3-1-8-22-13/h1,3-5,8-9H,2,6-7H2,(H,18,20)(H,19,21). The van der Waals surface area contributed by atoms with Crippen molar-refractivity contribution in [3.05, 3.63) is 56.2 Å². The van der Waals surface area contributed by atoms with Crippen LogP contribution in [-0.4, -0.2) is 24.9 Å². The lowest BCUT2D eigenvalue weighted by atomic mass is 10.2. The fraction of sp³-hybridized carbons (Fsp3) is 0.200. The lowest BCUT2D eigenvalue weighted by molar-refractivity contribution is 0.0953. The molecule has 116 valence electrons. The smallest absolute Gasteiger partial charge is 0.261 e. The molecule has 0 saturated carbocycles. The summed E-state index contributed by atoms with van der Waals surface area (Å²) in [6.45, 7) is 0.923. The number of hydrogen-bond acceptors (Lipinski definition) is 3. The molecule has 7 heteroatoms. The van der Waals surface area contributed by atoms with Crippen LogP contribution in [0.5, 0.6) is 0 Å². The highest BCUT2D eigenvalue weighted by molar-refractivity contribution is 7.12. The van der Waals surface area contributed by atoms with E-state index in [0.717, 1.165) is 0 Å². The Morgan fingerprint density at radius 3 is 2.45 bits per heavy atom. The summed E-state index contributed by atoms with van der Waals surface area (Å²) in [5.41, 5.74) is 0.344. The highest BCUT2D eigenvalue weighted by Crippen LogP contribution is 2.20. The Hall–Kier alpha value is -1.56. The second kappa shape index (κ2) is 8.17. The van der Waals surface area contributed by atoms with Crippen LogP contribution in [0.15, 0.2) is 35.7 Å². The number of amides is 2. The minimum absolute atomic E-state index is 0.0980. The molecule has 0 fully saturated rings. The maximum absolute atomic E-state index is 12.0. The Kier molecular flexibility index (Phi) is 6.24. The minimum atomic E-state index is -0.280. The number of carbonyl (C=O) groups is 2. The zero-order chi connectivity index (χ0) is 15.9. The van der Waals surface area contributed by atoms with Gasteiger partial charge in [0.2, 0.25) is 0 Å². The molecule has 0 aliphatic carbocycles. The van der Waals surface area contributed by atoms with Crippen LogP contribution in [0.25, 0.3) is 0 Å². The summed E-state index contributed by atoms with van der Waals surface area (Å²) in [4.78, 5) is 24.3. The summed E-state index contributed by atoms with van der Waals surface area (Å²) in [6.07, 6.45) is 0.626. The molecule has 0 radical (unpaired) electrons. The monoisotopic (exact) mass is 356 g/mol. The number of carbonyl (C=O) groups excluding carboxylic acids is 2. The van der Waals surface area contributed by atoms with Crippen molar-refractivity contribution in [1.82, 2.24) is 10.6 Å². The molecule has 1 aromatic carbocycles. The van der Waals surface area contributed by atoms with E-state index in [4.69, 9.17) is 23.2 Å². The average molecular weight is 357 g/mol. The van der Waals surface area contributed by atoms with Gasteiger partial charge in [0.1, 0.15) is 0 Å². The van der Waals surface area contributed by atoms with Crippen molar-refractivity contribution in [3.63, 3.8) is 0 Å². The molecular weight excluding hydrogens is 343 g/mol. The Morgan fingerprint density at radius 2 is 1.77 bits per heavy atom. The topological polar surface area (TPSA) is 58.2 Å². The van der Waals surface area contributed by atoms with Crippen LogP contribution in [0.1, 0.15) is 26.5 Å². The maximum Gasteiger partial charge on any atom is 0.261 e. The molecule has 2 aromatic rings. The minimum Gasteiger partial charge on any atom is -0.352 e. The molecule has 0 aliphatic rings. The SMILES string of the molecule is O=C(NCCCNC(=O)c1cc(Cl)ccc1Cl)c1cccs1. The van der Waals surface area contributed by atoms with Gasteiger partial charge in [0.15, 0.2) is 0 Å². The van der Waals surface area contributed by atoms with Gasteiger partial charge >= 0.3 is 0 Å². The second-order valence-corrected chi connectivity index (χ2v) is 6.26. The first-order chi connectivity index (χ1) is 10.6. The summed E-state index contributed by atoms with van der Waals surface area (Å²) in [7, 11) is 0. The third-order valence-corrected chi connectivity index (χ3v) is 4.28. The van der Waals surface area contributed by atoms with E-state index in [2.05, 4.69) is 10.6 Å². The Labute approximate surface area is 142 Å². The highest BCUT2D eigenvalue weighted by atomic mass is 35.5. The molecule has 0 aliphatic heterocycles. The van der Waals surface area contributed by atoms with Crippen molar-refractivity contribution in [1.29, 1.82) is 0 Å². The number of halogens is 2. The molecule has 0 spiro atoms. The van der Waals surface area contributed by atoms with Gasteiger partial charge in [-0.15, -0.1) is 11.3 Å². The number of rotatable bonds is 6. The van der Waals surface area contributed by atoms with Gasteiger partial charge in [-0.1, -0.05) is 29.3 Å².